The van der Waals surface area contributed by atoms with Crippen molar-refractivity contribution in [1.82, 2.24) is 4.98 Å². The molecule has 2 N–H and O–H groups in total. The van der Waals surface area contributed by atoms with E-state index in [4.69, 9.17) is 10.7 Å². The highest BCUT2D eigenvalue weighted by molar-refractivity contribution is 5.92. The molecule has 1 aromatic carbocycles. The highest BCUT2D eigenvalue weighted by Crippen LogP contribution is 2.29. The highest BCUT2D eigenvalue weighted by atomic mass is 15.2. The van der Waals surface area contributed by atoms with Crippen LogP contribution in [0.4, 0.5) is 5.82 Å². The van der Waals surface area contributed by atoms with Crippen LogP contribution in [0, 0.1) is 5.92 Å². The standard InChI is InChI=1S/C18H25N3/c1-21(13-14-7-3-2-4-8-14)18-17-10-6-5-9-15(17)11-16(12-19)20-18/h5-6,9-11,14H,2-4,7-8,12-13,19H2,1H3. The minimum atomic E-state index is 0.495. The number of fused-ring (bicyclic) bond motifs is 1. The molecule has 112 valence electrons. The molecule has 3 heteroatoms. The van der Waals surface area contributed by atoms with E-state index in [-0.39, 0.29) is 0 Å². The summed E-state index contributed by atoms with van der Waals surface area (Å²) < 4.78 is 0. The van der Waals surface area contributed by atoms with Gasteiger partial charge in [-0.05, 0) is 30.2 Å². The molecule has 0 atom stereocenters. The summed E-state index contributed by atoms with van der Waals surface area (Å²) in [6.45, 7) is 1.60. The maximum Gasteiger partial charge on any atom is 0.136 e. The van der Waals surface area contributed by atoms with E-state index >= 15 is 0 Å². The molecule has 3 nitrogen and oxygen atoms in total. The lowest BCUT2D eigenvalue weighted by atomic mass is 9.89. The predicted octanol–water partition coefficient (Wildman–Crippen LogP) is 3.71. The van der Waals surface area contributed by atoms with Gasteiger partial charge in [-0.1, -0.05) is 43.5 Å². The Morgan fingerprint density at radius 3 is 2.71 bits per heavy atom. The zero-order chi connectivity index (χ0) is 14.7. The molecule has 1 fully saturated rings. The monoisotopic (exact) mass is 283 g/mol. The molecule has 1 saturated carbocycles. The van der Waals surface area contributed by atoms with E-state index in [0.29, 0.717) is 6.54 Å². The lowest BCUT2D eigenvalue weighted by Crippen LogP contribution is -2.28. The van der Waals surface area contributed by atoms with Crippen molar-refractivity contribution in [2.45, 2.75) is 38.6 Å². The summed E-state index contributed by atoms with van der Waals surface area (Å²) in [4.78, 5) is 7.12. The molecule has 0 bridgehead atoms. The van der Waals surface area contributed by atoms with Crippen molar-refractivity contribution in [3.8, 4) is 0 Å². The first-order valence-electron chi connectivity index (χ1n) is 8.08. The van der Waals surface area contributed by atoms with Crippen LogP contribution in [-0.4, -0.2) is 18.6 Å². The summed E-state index contributed by atoms with van der Waals surface area (Å²) in [7, 11) is 2.17. The van der Waals surface area contributed by atoms with Crippen molar-refractivity contribution in [2.24, 2.45) is 11.7 Å². The SMILES string of the molecule is CN(CC1CCCCC1)c1nc(CN)cc2ccccc12. The van der Waals surface area contributed by atoms with Crippen LogP contribution in [0.3, 0.4) is 0 Å². The van der Waals surface area contributed by atoms with E-state index in [0.717, 1.165) is 24.0 Å². The van der Waals surface area contributed by atoms with Gasteiger partial charge in [0.1, 0.15) is 5.82 Å². The van der Waals surface area contributed by atoms with E-state index in [1.165, 1.54) is 42.9 Å². The van der Waals surface area contributed by atoms with Crippen LogP contribution in [0.2, 0.25) is 0 Å². The average Bonchev–Trinajstić information content (AvgIpc) is 2.54. The average molecular weight is 283 g/mol. The second-order valence-electron chi connectivity index (χ2n) is 6.25. The second-order valence-corrected chi connectivity index (χ2v) is 6.25. The summed E-state index contributed by atoms with van der Waals surface area (Å²) >= 11 is 0. The van der Waals surface area contributed by atoms with E-state index in [2.05, 4.69) is 42.3 Å². The number of rotatable bonds is 4. The minimum absolute atomic E-state index is 0.495. The molecule has 0 spiro atoms. The van der Waals surface area contributed by atoms with Gasteiger partial charge in [0.2, 0.25) is 0 Å². The molecule has 21 heavy (non-hydrogen) atoms. The zero-order valence-electron chi connectivity index (χ0n) is 12.9. The van der Waals surface area contributed by atoms with Crippen LogP contribution in [0.1, 0.15) is 37.8 Å². The summed E-state index contributed by atoms with van der Waals surface area (Å²) in [5, 5.41) is 2.46. The molecule has 1 aliphatic rings. The molecule has 0 saturated heterocycles. The van der Waals surface area contributed by atoms with Crippen LogP contribution < -0.4 is 10.6 Å². The number of anilines is 1. The molecule has 0 radical (unpaired) electrons. The zero-order valence-corrected chi connectivity index (χ0v) is 12.9. The lowest BCUT2D eigenvalue weighted by molar-refractivity contribution is 0.362. The fraction of sp³-hybridized carbons (Fsp3) is 0.500. The Kier molecular flexibility index (Phi) is 4.39. The Labute approximate surface area is 127 Å². The highest BCUT2D eigenvalue weighted by Gasteiger charge is 2.17. The van der Waals surface area contributed by atoms with Gasteiger partial charge in [0.15, 0.2) is 0 Å². The van der Waals surface area contributed by atoms with Gasteiger partial charge in [-0.25, -0.2) is 4.98 Å². The summed E-state index contributed by atoms with van der Waals surface area (Å²) in [5.74, 6) is 1.89. The molecular weight excluding hydrogens is 258 g/mol. The maximum absolute atomic E-state index is 5.81. The molecule has 0 amide bonds. The Hall–Kier alpha value is -1.61. The van der Waals surface area contributed by atoms with Crippen molar-refractivity contribution in [2.75, 3.05) is 18.5 Å². The van der Waals surface area contributed by atoms with Crippen LogP contribution in [0.5, 0.6) is 0 Å². The van der Waals surface area contributed by atoms with Crippen LogP contribution in [-0.2, 0) is 6.54 Å². The maximum atomic E-state index is 5.81. The van der Waals surface area contributed by atoms with Gasteiger partial charge < -0.3 is 10.6 Å². The summed E-state index contributed by atoms with van der Waals surface area (Å²) in [6, 6.07) is 10.6. The second kappa shape index (κ2) is 6.44. The number of aromatic nitrogens is 1. The van der Waals surface area contributed by atoms with Gasteiger partial charge in [0, 0.05) is 25.5 Å². The van der Waals surface area contributed by atoms with Gasteiger partial charge in [0.05, 0.1) is 5.69 Å². The number of nitrogens with two attached hydrogens (primary N) is 1. The Morgan fingerprint density at radius 1 is 1.19 bits per heavy atom. The van der Waals surface area contributed by atoms with E-state index in [9.17, 15) is 0 Å². The third kappa shape index (κ3) is 3.18. The fourth-order valence-corrected chi connectivity index (χ4v) is 3.47. The molecule has 0 aliphatic heterocycles. The van der Waals surface area contributed by atoms with E-state index in [1.807, 2.05) is 0 Å². The molecule has 0 unspecified atom stereocenters. The first-order valence-corrected chi connectivity index (χ1v) is 8.08. The molecular formula is C18H25N3. The molecule has 1 heterocycles. The smallest absolute Gasteiger partial charge is 0.136 e. The van der Waals surface area contributed by atoms with E-state index in [1.54, 1.807) is 0 Å². The quantitative estimate of drug-likeness (QED) is 0.930. The van der Waals surface area contributed by atoms with Gasteiger partial charge in [-0.15, -0.1) is 0 Å². The Bertz CT molecular complexity index is 602. The molecule has 1 aromatic heterocycles. The van der Waals surface area contributed by atoms with Gasteiger partial charge >= 0.3 is 0 Å². The summed E-state index contributed by atoms with van der Waals surface area (Å²) in [6.07, 6.45) is 6.90. The topological polar surface area (TPSA) is 42.2 Å². The number of nitrogens with zero attached hydrogens (tertiary/aromatic N) is 2. The summed E-state index contributed by atoms with van der Waals surface area (Å²) in [5.41, 5.74) is 6.78. The molecule has 3 rings (SSSR count). The predicted molar refractivity (Wildman–Crippen MR) is 89.5 cm³/mol. The van der Waals surface area contributed by atoms with Crippen LogP contribution >= 0.6 is 0 Å². The van der Waals surface area contributed by atoms with Crippen molar-refractivity contribution in [1.29, 1.82) is 0 Å². The van der Waals surface area contributed by atoms with Crippen LogP contribution in [0.15, 0.2) is 30.3 Å². The first-order chi connectivity index (χ1) is 10.3. The Balaban J connectivity index is 1.90. The van der Waals surface area contributed by atoms with Crippen molar-refractivity contribution >= 4 is 16.6 Å². The first kappa shape index (κ1) is 14.3. The van der Waals surface area contributed by atoms with E-state index < -0.39 is 0 Å². The number of hydrogen-bond donors (Lipinski definition) is 1. The molecule has 1 aliphatic carbocycles. The third-order valence-corrected chi connectivity index (χ3v) is 4.60. The Morgan fingerprint density at radius 2 is 1.95 bits per heavy atom. The van der Waals surface area contributed by atoms with Crippen LogP contribution in [0.25, 0.3) is 10.8 Å². The largest absolute Gasteiger partial charge is 0.359 e. The third-order valence-electron chi connectivity index (χ3n) is 4.60. The lowest BCUT2D eigenvalue weighted by Gasteiger charge is -2.28. The van der Waals surface area contributed by atoms with Crippen molar-refractivity contribution < 1.29 is 0 Å². The number of hydrogen-bond acceptors (Lipinski definition) is 3. The fourth-order valence-electron chi connectivity index (χ4n) is 3.47. The van der Waals surface area contributed by atoms with Gasteiger partial charge in [-0.3, -0.25) is 0 Å². The van der Waals surface area contributed by atoms with Gasteiger partial charge in [-0.2, -0.15) is 0 Å². The normalized spacial score (nSPS) is 16.3. The van der Waals surface area contributed by atoms with Crippen molar-refractivity contribution in [3.05, 3.63) is 36.0 Å². The van der Waals surface area contributed by atoms with Crippen molar-refractivity contribution in [3.63, 3.8) is 0 Å². The minimum Gasteiger partial charge on any atom is -0.359 e. The molecule has 2 aromatic rings. The number of pyridine rings is 1. The number of benzene rings is 1. The van der Waals surface area contributed by atoms with Gasteiger partial charge in [0.25, 0.3) is 0 Å².